The van der Waals surface area contributed by atoms with Crippen molar-refractivity contribution >= 4 is 11.7 Å². The van der Waals surface area contributed by atoms with E-state index in [0.717, 1.165) is 28.1 Å². The highest BCUT2D eigenvalue weighted by atomic mass is 16.5. The molecule has 1 atom stereocenters. The minimum Gasteiger partial charge on any atom is -0.496 e. The van der Waals surface area contributed by atoms with E-state index >= 15 is 0 Å². The van der Waals surface area contributed by atoms with E-state index in [9.17, 15) is 4.79 Å². The topological polar surface area (TPSA) is 94.0 Å². The first-order chi connectivity index (χ1) is 13.0. The summed E-state index contributed by atoms with van der Waals surface area (Å²) in [6.07, 6.45) is 1.51. The Morgan fingerprint density at radius 3 is 2.70 bits per heavy atom. The Labute approximate surface area is 157 Å². The molecule has 2 aromatic carbocycles. The van der Waals surface area contributed by atoms with Crippen molar-refractivity contribution in [2.45, 2.75) is 26.8 Å². The molecule has 2 amide bonds. The Morgan fingerprint density at radius 2 is 2.00 bits per heavy atom. The lowest BCUT2D eigenvalue weighted by Crippen LogP contribution is -2.31. The first-order valence-corrected chi connectivity index (χ1v) is 8.54. The summed E-state index contributed by atoms with van der Waals surface area (Å²) < 4.78 is 6.95. The molecule has 0 aliphatic carbocycles. The van der Waals surface area contributed by atoms with Crippen LogP contribution in [0.2, 0.25) is 0 Å². The predicted molar refractivity (Wildman–Crippen MR) is 102 cm³/mol. The van der Waals surface area contributed by atoms with E-state index in [-0.39, 0.29) is 12.1 Å². The largest absolute Gasteiger partial charge is 0.496 e. The summed E-state index contributed by atoms with van der Waals surface area (Å²) in [5.74, 6) is 0.740. The molecule has 8 nitrogen and oxygen atoms in total. The van der Waals surface area contributed by atoms with Crippen LogP contribution in [0.25, 0.3) is 5.69 Å². The van der Waals surface area contributed by atoms with Crippen molar-refractivity contribution in [3.8, 4) is 11.4 Å². The summed E-state index contributed by atoms with van der Waals surface area (Å²) >= 11 is 0. The van der Waals surface area contributed by atoms with Gasteiger partial charge in [-0.15, -0.1) is 5.10 Å². The third-order valence-electron chi connectivity index (χ3n) is 4.26. The van der Waals surface area contributed by atoms with Gasteiger partial charge < -0.3 is 15.4 Å². The molecule has 0 bridgehead atoms. The number of ether oxygens (including phenoxy) is 1. The van der Waals surface area contributed by atoms with Gasteiger partial charge in [-0.2, -0.15) is 0 Å². The minimum absolute atomic E-state index is 0.218. The number of amides is 2. The van der Waals surface area contributed by atoms with Crippen molar-refractivity contribution in [1.82, 2.24) is 25.5 Å². The zero-order valence-corrected chi connectivity index (χ0v) is 15.7. The van der Waals surface area contributed by atoms with Gasteiger partial charge in [0, 0.05) is 11.3 Å². The smallest absolute Gasteiger partial charge is 0.319 e. The van der Waals surface area contributed by atoms with Crippen molar-refractivity contribution in [3.63, 3.8) is 0 Å². The molecular weight excluding hydrogens is 344 g/mol. The number of aromatic nitrogens is 4. The summed E-state index contributed by atoms with van der Waals surface area (Å²) in [6, 6.07) is 10.9. The fourth-order valence-electron chi connectivity index (χ4n) is 2.84. The van der Waals surface area contributed by atoms with E-state index in [1.54, 1.807) is 11.8 Å². The molecule has 0 spiro atoms. The van der Waals surface area contributed by atoms with Gasteiger partial charge in [-0.3, -0.25) is 0 Å². The second-order valence-corrected chi connectivity index (χ2v) is 6.32. The molecule has 3 rings (SSSR count). The van der Waals surface area contributed by atoms with E-state index in [1.165, 1.54) is 6.33 Å². The van der Waals surface area contributed by atoms with Crippen LogP contribution < -0.4 is 15.4 Å². The number of hydrogen-bond acceptors (Lipinski definition) is 5. The summed E-state index contributed by atoms with van der Waals surface area (Å²) in [6.45, 7) is 5.87. The lowest BCUT2D eigenvalue weighted by molar-refractivity contribution is 0.249. The molecule has 140 valence electrons. The summed E-state index contributed by atoms with van der Waals surface area (Å²) in [5, 5.41) is 17.0. The molecule has 0 radical (unpaired) electrons. The highest BCUT2D eigenvalue weighted by Gasteiger charge is 2.15. The Bertz CT molecular complexity index is 939. The lowest BCUT2D eigenvalue weighted by Gasteiger charge is -2.18. The number of methoxy groups -OCH3 is 1. The molecule has 0 aliphatic rings. The molecule has 0 saturated carbocycles. The van der Waals surface area contributed by atoms with E-state index in [0.29, 0.717) is 5.69 Å². The van der Waals surface area contributed by atoms with Crippen molar-refractivity contribution in [3.05, 3.63) is 59.4 Å². The Hall–Kier alpha value is -3.42. The van der Waals surface area contributed by atoms with Crippen molar-refractivity contribution in [2.75, 3.05) is 12.4 Å². The number of tetrazole rings is 1. The first kappa shape index (κ1) is 18.4. The molecule has 1 aromatic heterocycles. The fraction of sp³-hybridized carbons (Fsp3) is 0.263. The molecule has 0 fully saturated rings. The minimum atomic E-state index is -0.308. The maximum atomic E-state index is 12.5. The number of carbonyl (C=O) groups excluding carboxylic acids is 1. The summed E-state index contributed by atoms with van der Waals surface area (Å²) in [7, 11) is 1.62. The maximum Gasteiger partial charge on any atom is 0.319 e. The van der Waals surface area contributed by atoms with Crippen LogP contribution in [0.3, 0.4) is 0 Å². The standard InChI is InChI=1S/C19H22N6O2/c1-12-5-8-18(27-4)16(9-12)14(3)21-19(26)22-15-7-6-13(2)17(10-15)25-11-20-23-24-25/h5-11,14H,1-4H3,(H2,21,22,26). The third kappa shape index (κ3) is 4.22. The van der Waals surface area contributed by atoms with Gasteiger partial charge in [-0.05, 0) is 55.0 Å². The van der Waals surface area contributed by atoms with E-state index in [2.05, 4.69) is 26.2 Å². The van der Waals surface area contributed by atoms with Gasteiger partial charge in [0.25, 0.3) is 0 Å². The Kier molecular flexibility index (Phi) is 5.35. The molecule has 1 unspecified atom stereocenters. The molecule has 2 N–H and O–H groups in total. The Morgan fingerprint density at radius 1 is 1.19 bits per heavy atom. The van der Waals surface area contributed by atoms with Gasteiger partial charge in [0.2, 0.25) is 0 Å². The monoisotopic (exact) mass is 366 g/mol. The average Bonchev–Trinajstić information content (AvgIpc) is 3.17. The van der Waals surface area contributed by atoms with Gasteiger partial charge in [-0.1, -0.05) is 23.8 Å². The van der Waals surface area contributed by atoms with Crippen LogP contribution in [0, 0.1) is 13.8 Å². The number of nitrogens with one attached hydrogen (secondary N) is 2. The van der Waals surface area contributed by atoms with Gasteiger partial charge >= 0.3 is 6.03 Å². The van der Waals surface area contributed by atoms with Crippen molar-refractivity contribution in [2.24, 2.45) is 0 Å². The van der Waals surface area contributed by atoms with Gasteiger partial charge in [0.05, 0.1) is 18.8 Å². The summed E-state index contributed by atoms with van der Waals surface area (Å²) in [5.41, 5.74) is 4.46. The molecule has 0 aliphatic heterocycles. The molecule has 1 heterocycles. The second-order valence-electron chi connectivity index (χ2n) is 6.32. The number of benzene rings is 2. The van der Waals surface area contributed by atoms with E-state index < -0.39 is 0 Å². The molecule has 0 saturated heterocycles. The van der Waals surface area contributed by atoms with Crippen molar-refractivity contribution in [1.29, 1.82) is 0 Å². The maximum absolute atomic E-state index is 12.5. The molecule has 8 heteroatoms. The van der Waals surface area contributed by atoms with E-state index in [1.807, 2.05) is 57.2 Å². The average molecular weight is 366 g/mol. The van der Waals surface area contributed by atoms with Gasteiger partial charge in [-0.25, -0.2) is 9.48 Å². The number of nitrogens with zero attached hydrogens (tertiary/aromatic N) is 4. The van der Waals surface area contributed by atoms with Gasteiger partial charge in [0.15, 0.2) is 0 Å². The fourth-order valence-corrected chi connectivity index (χ4v) is 2.84. The van der Waals surface area contributed by atoms with Crippen LogP contribution >= 0.6 is 0 Å². The number of rotatable bonds is 5. The quantitative estimate of drug-likeness (QED) is 0.723. The van der Waals surface area contributed by atoms with Crippen LogP contribution in [0.15, 0.2) is 42.7 Å². The number of anilines is 1. The van der Waals surface area contributed by atoms with E-state index in [4.69, 9.17) is 4.74 Å². The van der Waals surface area contributed by atoms with Crippen LogP contribution in [0.5, 0.6) is 5.75 Å². The molecular formula is C19H22N6O2. The van der Waals surface area contributed by atoms with Crippen LogP contribution in [-0.4, -0.2) is 33.3 Å². The summed E-state index contributed by atoms with van der Waals surface area (Å²) in [4.78, 5) is 12.5. The zero-order chi connectivity index (χ0) is 19.4. The zero-order valence-electron chi connectivity index (χ0n) is 15.7. The highest BCUT2D eigenvalue weighted by molar-refractivity contribution is 5.90. The number of aryl methyl sites for hydroxylation is 2. The number of urea groups is 1. The molecule has 3 aromatic rings. The van der Waals surface area contributed by atoms with Crippen molar-refractivity contribution < 1.29 is 9.53 Å². The second kappa shape index (κ2) is 7.86. The number of hydrogen-bond donors (Lipinski definition) is 2. The highest BCUT2D eigenvalue weighted by Crippen LogP contribution is 2.26. The number of carbonyl (C=O) groups is 1. The third-order valence-corrected chi connectivity index (χ3v) is 4.26. The lowest BCUT2D eigenvalue weighted by atomic mass is 10.0. The first-order valence-electron chi connectivity index (χ1n) is 8.54. The predicted octanol–water partition coefficient (Wildman–Crippen LogP) is 3.17. The van der Waals surface area contributed by atoms with Crippen LogP contribution in [-0.2, 0) is 0 Å². The van der Waals surface area contributed by atoms with Crippen LogP contribution in [0.1, 0.15) is 29.7 Å². The SMILES string of the molecule is COc1ccc(C)cc1C(C)NC(=O)Nc1ccc(C)c(-n2cnnn2)c1. The van der Waals surface area contributed by atoms with Gasteiger partial charge in [0.1, 0.15) is 12.1 Å². The Balaban J connectivity index is 1.73. The normalized spacial score (nSPS) is 11.7. The van der Waals surface area contributed by atoms with Crippen LogP contribution in [0.4, 0.5) is 10.5 Å². The molecule has 27 heavy (non-hydrogen) atoms.